The Morgan fingerprint density at radius 2 is 1.77 bits per heavy atom. The second kappa shape index (κ2) is 8.90. The highest BCUT2D eigenvalue weighted by molar-refractivity contribution is 6.08. The predicted octanol–water partition coefficient (Wildman–Crippen LogP) is 3.46. The van der Waals surface area contributed by atoms with Crippen LogP contribution in [0.1, 0.15) is 36.4 Å². The van der Waals surface area contributed by atoms with Crippen LogP contribution in [-0.4, -0.2) is 41.3 Å². The summed E-state index contributed by atoms with van der Waals surface area (Å²) < 4.78 is 19.4. The van der Waals surface area contributed by atoms with E-state index in [0.29, 0.717) is 0 Å². The van der Waals surface area contributed by atoms with E-state index < -0.39 is 41.2 Å². The van der Waals surface area contributed by atoms with Crippen LogP contribution in [0.4, 0.5) is 4.39 Å². The highest BCUT2D eigenvalue weighted by atomic mass is 19.1. The standard InChI is InChI=1S/C23H22FNO5/c1-14(26)20-21(17-10-6-7-11-18(17)24)25(23(29)22(20)28)13-16(12-19(27)30-2)15-8-4-3-5-9-15/h3-11,16,21,28H,12-13H2,1-2H3. The number of benzene rings is 2. The lowest BCUT2D eigenvalue weighted by Crippen LogP contribution is -2.35. The monoisotopic (exact) mass is 411 g/mol. The Morgan fingerprint density at radius 3 is 2.37 bits per heavy atom. The highest BCUT2D eigenvalue weighted by Gasteiger charge is 2.44. The average molecular weight is 411 g/mol. The van der Waals surface area contributed by atoms with Gasteiger partial charge in [0.25, 0.3) is 5.91 Å². The molecule has 0 aliphatic carbocycles. The van der Waals surface area contributed by atoms with E-state index >= 15 is 0 Å². The molecule has 3 rings (SSSR count). The third-order valence-electron chi connectivity index (χ3n) is 5.21. The first-order valence-electron chi connectivity index (χ1n) is 9.46. The molecule has 1 aliphatic heterocycles. The number of halogens is 1. The van der Waals surface area contributed by atoms with Crippen LogP contribution in [0, 0.1) is 5.82 Å². The smallest absolute Gasteiger partial charge is 0.306 e. The van der Waals surface area contributed by atoms with Crippen LogP contribution in [0.5, 0.6) is 0 Å². The Bertz CT molecular complexity index is 1000. The van der Waals surface area contributed by atoms with Gasteiger partial charge >= 0.3 is 5.97 Å². The zero-order valence-corrected chi connectivity index (χ0v) is 16.7. The van der Waals surface area contributed by atoms with Crippen LogP contribution in [0.15, 0.2) is 65.9 Å². The van der Waals surface area contributed by atoms with Crippen molar-refractivity contribution in [1.82, 2.24) is 4.90 Å². The molecule has 0 aromatic heterocycles. The van der Waals surface area contributed by atoms with E-state index in [-0.39, 0.29) is 24.1 Å². The molecule has 0 radical (unpaired) electrons. The maximum Gasteiger partial charge on any atom is 0.306 e. The van der Waals surface area contributed by atoms with Gasteiger partial charge in [-0.3, -0.25) is 14.4 Å². The number of aliphatic hydroxyl groups excluding tert-OH is 1. The summed E-state index contributed by atoms with van der Waals surface area (Å²) in [6, 6.07) is 13.8. The normalized spacial score (nSPS) is 17.2. The van der Waals surface area contributed by atoms with Crippen molar-refractivity contribution < 1.29 is 28.6 Å². The van der Waals surface area contributed by atoms with Gasteiger partial charge in [-0.15, -0.1) is 0 Å². The Hall–Kier alpha value is -3.48. The summed E-state index contributed by atoms with van der Waals surface area (Å²) in [6.45, 7) is 1.21. The molecule has 1 N–H and O–H groups in total. The van der Waals surface area contributed by atoms with Crippen molar-refractivity contribution in [2.75, 3.05) is 13.7 Å². The first-order valence-corrected chi connectivity index (χ1v) is 9.46. The van der Waals surface area contributed by atoms with Crippen LogP contribution in [-0.2, 0) is 19.1 Å². The van der Waals surface area contributed by atoms with Crippen molar-refractivity contribution in [1.29, 1.82) is 0 Å². The number of rotatable bonds is 7. The summed E-state index contributed by atoms with van der Waals surface area (Å²) in [5, 5.41) is 10.4. The van der Waals surface area contributed by atoms with Crippen molar-refractivity contribution in [2.45, 2.75) is 25.3 Å². The zero-order chi connectivity index (χ0) is 21.8. The van der Waals surface area contributed by atoms with Crippen molar-refractivity contribution >= 4 is 17.7 Å². The van der Waals surface area contributed by atoms with E-state index in [1.165, 1.54) is 37.1 Å². The molecule has 2 aromatic carbocycles. The topological polar surface area (TPSA) is 83.9 Å². The minimum atomic E-state index is -1.08. The number of carbonyl (C=O) groups is 3. The van der Waals surface area contributed by atoms with Crippen LogP contribution in [0.2, 0.25) is 0 Å². The van der Waals surface area contributed by atoms with Crippen molar-refractivity contribution in [3.8, 4) is 0 Å². The lowest BCUT2D eigenvalue weighted by Gasteiger charge is -2.30. The minimum Gasteiger partial charge on any atom is -0.503 e. The first kappa shape index (κ1) is 21.2. The molecule has 0 spiro atoms. The molecule has 2 aromatic rings. The summed E-state index contributed by atoms with van der Waals surface area (Å²) in [5.74, 6) is -3.54. The Balaban J connectivity index is 2.05. The number of nitrogens with zero attached hydrogens (tertiary/aromatic N) is 1. The van der Waals surface area contributed by atoms with E-state index in [0.717, 1.165) is 5.56 Å². The fourth-order valence-corrected chi connectivity index (χ4v) is 3.76. The summed E-state index contributed by atoms with van der Waals surface area (Å²) in [5.41, 5.74) is 0.721. The summed E-state index contributed by atoms with van der Waals surface area (Å²) in [7, 11) is 1.27. The van der Waals surface area contributed by atoms with Gasteiger partial charge in [-0.2, -0.15) is 0 Å². The number of ether oxygens (including phenoxy) is 1. The largest absolute Gasteiger partial charge is 0.503 e. The SMILES string of the molecule is COC(=O)CC(CN1C(=O)C(O)=C(C(C)=O)C1c1ccccc1F)c1ccccc1. The van der Waals surface area contributed by atoms with Crippen LogP contribution >= 0.6 is 0 Å². The van der Waals surface area contributed by atoms with Gasteiger partial charge in [0.1, 0.15) is 5.82 Å². The average Bonchev–Trinajstić information content (AvgIpc) is 2.99. The zero-order valence-electron chi connectivity index (χ0n) is 16.7. The molecule has 0 fully saturated rings. The number of Topliss-reactive ketones (excluding diaryl/α,β-unsaturated/α-hetero) is 1. The Morgan fingerprint density at radius 1 is 1.13 bits per heavy atom. The molecule has 156 valence electrons. The summed E-state index contributed by atoms with van der Waals surface area (Å²) in [6.07, 6.45) is -0.0234. The fourth-order valence-electron chi connectivity index (χ4n) is 3.76. The van der Waals surface area contributed by atoms with E-state index in [1.807, 2.05) is 18.2 Å². The molecule has 0 saturated heterocycles. The van der Waals surface area contributed by atoms with Crippen LogP contribution in [0.3, 0.4) is 0 Å². The second-order valence-corrected chi connectivity index (χ2v) is 7.09. The molecule has 1 heterocycles. The molecule has 7 heteroatoms. The lowest BCUT2D eigenvalue weighted by molar-refractivity contribution is -0.141. The number of carbonyl (C=O) groups excluding carboxylic acids is 3. The number of aliphatic hydroxyl groups is 1. The molecule has 6 nitrogen and oxygen atoms in total. The summed E-state index contributed by atoms with van der Waals surface area (Å²) in [4.78, 5) is 38.3. The number of methoxy groups -OCH3 is 1. The van der Waals surface area contributed by atoms with Gasteiger partial charge in [0.2, 0.25) is 0 Å². The third kappa shape index (κ3) is 4.10. The predicted molar refractivity (Wildman–Crippen MR) is 107 cm³/mol. The first-order chi connectivity index (χ1) is 14.3. The Labute approximate surface area is 173 Å². The molecular formula is C23H22FNO5. The second-order valence-electron chi connectivity index (χ2n) is 7.09. The van der Waals surface area contributed by atoms with E-state index in [1.54, 1.807) is 18.2 Å². The minimum absolute atomic E-state index is 0.0161. The molecule has 2 atom stereocenters. The molecule has 30 heavy (non-hydrogen) atoms. The maximum absolute atomic E-state index is 14.6. The number of esters is 1. The molecule has 1 amide bonds. The van der Waals surface area contributed by atoms with Gasteiger partial charge < -0.3 is 14.7 Å². The van der Waals surface area contributed by atoms with E-state index in [4.69, 9.17) is 4.74 Å². The number of hydrogen-bond donors (Lipinski definition) is 1. The molecule has 0 bridgehead atoms. The highest BCUT2D eigenvalue weighted by Crippen LogP contribution is 2.40. The van der Waals surface area contributed by atoms with Crippen molar-refractivity contribution in [3.63, 3.8) is 0 Å². The number of amides is 1. The summed E-state index contributed by atoms with van der Waals surface area (Å²) >= 11 is 0. The van der Waals surface area contributed by atoms with Crippen LogP contribution in [0.25, 0.3) is 0 Å². The third-order valence-corrected chi connectivity index (χ3v) is 5.21. The quantitative estimate of drug-likeness (QED) is 0.706. The maximum atomic E-state index is 14.6. The number of ketones is 1. The van der Waals surface area contributed by atoms with Gasteiger partial charge in [0.05, 0.1) is 25.1 Å². The Kier molecular flexibility index (Phi) is 6.30. The van der Waals surface area contributed by atoms with Gasteiger partial charge in [-0.1, -0.05) is 48.5 Å². The fraction of sp³-hybridized carbons (Fsp3) is 0.261. The van der Waals surface area contributed by atoms with Crippen molar-refractivity contribution in [2.24, 2.45) is 0 Å². The molecule has 0 saturated carbocycles. The van der Waals surface area contributed by atoms with Gasteiger partial charge in [0.15, 0.2) is 11.5 Å². The number of hydrogen-bond acceptors (Lipinski definition) is 5. The molecule has 2 unspecified atom stereocenters. The lowest BCUT2D eigenvalue weighted by atomic mass is 9.92. The van der Waals surface area contributed by atoms with Crippen molar-refractivity contribution in [3.05, 3.63) is 82.9 Å². The van der Waals surface area contributed by atoms with Crippen LogP contribution < -0.4 is 0 Å². The van der Waals surface area contributed by atoms with E-state index in [9.17, 15) is 23.9 Å². The van der Waals surface area contributed by atoms with Gasteiger partial charge in [-0.25, -0.2) is 4.39 Å². The van der Waals surface area contributed by atoms with Gasteiger partial charge in [0, 0.05) is 18.0 Å². The van der Waals surface area contributed by atoms with Gasteiger partial charge in [-0.05, 0) is 18.6 Å². The molecule has 1 aliphatic rings. The molecular weight excluding hydrogens is 389 g/mol. The van der Waals surface area contributed by atoms with E-state index in [2.05, 4.69) is 0 Å².